The van der Waals surface area contributed by atoms with E-state index in [0.29, 0.717) is 0 Å². The van der Waals surface area contributed by atoms with Crippen LogP contribution in [0.15, 0.2) is 29.2 Å². The minimum Gasteiger partial charge on any atom is -0.339 e. The molecule has 1 amide bonds. The third-order valence-electron chi connectivity index (χ3n) is 1.38. The molecule has 0 radical (unpaired) electrons. The molecule has 0 aliphatic rings. The lowest BCUT2D eigenvalue weighted by atomic mass is 10.4. The second-order valence-corrected chi connectivity index (χ2v) is 3.74. The van der Waals surface area contributed by atoms with Crippen LogP contribution in [0.2, 0.25) is 0 Å². The molecule has 0 heterocycles. The maximum atomic E-state index is 12.5. The molecule has 0 bridgehead atoms. The zero-order chi connectivity index (χ0) is 9.84. The Balaban J connectivity index is 2.65. The Hall–Kier alpha value is -1.03. The van der Waals surface area contributed by atoms with E-state index >= 15 is 0 Å². The highest BCUT2D eigenvalue weighted by atomic mass is 32.2. The van der Waals surface area contributed by atoms with E-state index in [1.54, 1.807) is 26.2 Å². The van der Waals surface area contributed by atoms with E-state index in [4.69, 9.17) is 0 Å². The largest absolute Gasteiger partial charge is 0.339 e. The van der Waals surface area contributed by atoms with Crippen molar-refractivity contribution in [2.45, 2.75) is 4.90 Å². The van der Waals surface area contributed by atoms with Crippen molar-refractivity contribution in [2.24, 2.45) is 0 Å². The van der Waals surface area contributed by atoms with Gasteiger partial charge in [-0.25, -0.2) is 4.39 Å². The SMILES string of the molecule is CN(C)C(=O)Sc1ccc(F)cc1. The molecule has 0 aliphatic carbocycles. The number of halogens is 1. The van der Waals surface area contributed by atoms with Gasteiger partial charge in [-0.3, -0.25) is 4.79 Å². The average Bonchev–Trinajstić information content (AvgIpc) is 2.08. The first-order valence-corrected chi connectivity index (χ1v) is 4.56. The second-order valence-electron chi connectivity index (χ2n) is 2.72. The first kappa shape index (κ1) is 10.1. The number of hydrogen-bond donors (Lipinski definition) is 0. The Morgan fingerprint density at radius 3 is 2.31 bits per heavy atom. The van der Waals surface area contributed by atoms with Crippen LogP contribution >= 0.6 is 11.8 Å². The van der Waals surface area contributed by atoms with Gasteiger partial charge in [-0.05, 0) is 36.0 Å². The minimum atomic E-state index is -0.290. The fourth-order valence-corrected chi connectivity index (χ4v) is 1.35. The van der Waals surface area contributed by atoms with Crippen LogP contribution in [0, 0.1) is 5.82 Å². The fraction of sp³-hybridized carbons (Fsp3) is 0.222. The van der Waals surface area contributed by atoms with Crippen LogP contribution in [0.4, 0.5) is 9.18 Å². The van der Waals surface area contributed by atoms with Crippen molar-refractivity contribution >= 4 is 17.0 Å². The van der Waals surface area contributed by atoms with Crippen LogP contribution in [0.5, 0.6) is 0 Å². The van der Waals surface area contributed by atoms with Gasteiger partial charge in [0.05, 0.1) is 0 Å². The van der Waals surface area contributed by atoms with E-state index in [9.17, 15) is 9.18 Å². The van der Waals surface area contributed by atoms with Gasteiger partial charge in [0, 0.05) is 19.0 Å². The van der Waals surface area contributed by atoms with Gasteiger partial charge in [-0.1, -0.05) is 0 Å². The molecule has 0 aromatic heterocycles. The standard InChI is InChI=1S/C9H10FNOS/c1-11(2)9(12)13-8-5-3-7(10)4-6-8/h3-6H,1-2H3. The molecule has 0 saturated carbocycles. The molecule has 0 fully saturated rings. The molecule has 2 nitrogen and oxygen atoms in total. The van der Waals surface area contributed by atoms with Crippen LogP contribution in [0.25, 0.3) is 0 Å². The quantitative estimate of drug-likeness (QED) is 0.648. The van der Waals surface area contributed by atoms with Crippen molar-refractivity contribution in [2.75, 3.05) is 14.1 Å². The van der Waals surface area contributed by atoms with Crippen LogP contribution in [0.1, 0.15) is 0 Å². The summed E-state index contributed by atoms with van der Waals surface area (Å²) in [5.41, 5.74) is 0. The highest BCUT2D eigenvalue weighted by Crippen LogP contribution is 2.20. The van der Waals surface area contributed by atoms with E-state index in [0.717, 1.165) is 16.7 Å². The molecule has 0 aliphatic heterocycles. The van der Waals surface area contributed by atoms with E-state index < -0.39 is 0 Å². The van der Waals surface area contributed by atoms with Crippen molar-refractivity contribution in [3.05, 3.63) is 30.1 Å². The lowest BCUT2D eigenvalue weighted by Gasteiger charge is -2.08. The first-order valence-electron chi connectivity index (χ1n) is 3.74. The maximum absolute atomic E-state index is 12.5. The lowest BCUT2D eigenvalue weighted by Crippen LogP contribution is -2.15. The molecule has 0 unspecified atom stereocenters. The third kappa shape index (κ3) is 3.06. The van der Waals surface area contributed by atoms with Crippen molar-refractivity contribution in [1.82, 2.24) is 4.90 Å². The van der Waals surface area contributed by atoms with Gasteiger partial charge in [0.15, 0.2) is 0 Å². The predicted molar refractivity (Wildman–Crippen MR) is 51.3 cm³/mol. The molecule has 0 saturated heterocycles. The Morgan fingerprint density at radius 2 is 1.85 bits per heavy atom. The smallest absolute Gasteiger partial charge is 0.285 e. The van der Waals surface area contributed by atoms with Crippen molar-refractivity contribution in [1.29, 1.82) is 0 Å². The fourth-order valence-electron chi connectivity index (χ4n) is 0.695. The average molecular weight is 199 g/mol. The monoisotopic (exact) mass is 199 g/mol. The van der Waals surface area contributed by atoms with Gasteiger partial charge in [-0.2, -0.15) is 0 Å². The molecule has 0 spiro atoms. The normalized spacial score (nSPS) is 9.77. The summed E-state index contributed by atoms with van der Waals surface area (Å²) in [6.07, 6.45) is 0. The number of thioether (sulfide) groups is 1. The summed E-state index contributed by atoms with van der Waals surface area (Å²) >= 11 is 1.08. The topological polar surface area (TPSA) is 20.3 Å². The van der Waals surface area contributed by atoms with E-state index in [1.807, 2.05) is 0 Å². The summed E-state index contributed by atoms with van der Waals surface area (Å²) in [6.45, 7) is 0. The Morgan fingerprint density at radius 1 is 1.31 bits per heavy atom. The van der Waals surface area contributed by atoms with Crippen LogP contribution < -0.4 is 0 Å². The summed E-state index contributed by atoms with van der Waals surface area (Å²) in [6, 6.07) is 5.85. The molecule has 70 valence electrons. The van der Waals surface area contributed by atoms with Crippen molar-refractivity contribution in [3.8, 4) is 0 Å². The predicted octanol–water partition coefficient (Wildman–Crippen LogP) is 2.60. The summed E-state index contributed by atoms with van der Waals surface area (Å²) in [4.78, 5) is 13.4. The molecule has 4 heteroatoms. The first-order chi connectivity index (χ1) is 6.09. The number of rotatable bonds is 1. The molecule has 1 aromatic rings. The summed E-state index contributed by atoms with van der Waals surface area (Å²) in [5, 5.41) is -0.0633. The molecular weight excluding hydrogens is 189 g/mol. The van der Waals surface area contributed by atoms with Gasteiger partial charge in [-0.15, -0.1) is 0 Å². The van der Waals surface area contributed by atoms with Gasteiger partial charge >= 0.3 is 0 Å². The molecule has 1 aromatic carbocycles. The number of benzene rings is 1. The summed E-state index contributed by atoms with van der Waals surface area (Å²) in [7, 11) is 3.36. The van der Waals surface area contributed by atoms with Crippen LogP contribution in [0.3, 0.4) is 0 Å². The van der Waals surface area contributed by atoms with Gasteiger partial charge < -0.3 is 4.90 Å². The molecule has 13 heavy (non-hydrogen) atoms. The van der Waals surface area contributed by atoms with Crippen molar-refractivity contribution in [3.63, 3.8) is 0 Å². The molecule has 1 rings (SSSR count). The number of carbonyl (C=O) groups excluding carboxylic acids is 1. The van der Waals surface area contributed by atoms with Crippen LogP contribution in [-0.4, -0.2) is 24.2 Å². The lowest BCUT2D eigenvalue weighted by molar-refractivity contribution is 0.241. The number of nitrogens with zero attached hydrogens (tertiary/aromatic N) is 1. The minimum absolute atomic E-state index is 0.0633. The Labute approximate surface area is 80.7 Å². The molecule has 0 N–H and O–H groups in total. The van der Waals surface area contributed by atoms with E-state index in [2.05, 4.69) is 0 Å². The van der Waals surface area contributed by atoms with Gasteiger partial charge in [0.1, 0.15) is 5.82 Å². The third-order valence-corrected chi connectivity index (χ3v) is 2.43. The van der Waals surface area contributed by atoms with E-state index in [-0.39, 0.29) is 11.1 Å². The molecule has 0 atom stereocenters. The zero-order valence-electron chi connectivity index (χ0n) is 7.45. The summed E-state index contributed by atoms with van der Waals surface area (Å²) in [5.74, 6) is -0.290. The van der Waals surface area contributed by atoms with Crippen LogP contribution in [-0.2, 0) is 0 Å². The highest BCUT2D eigenvalue weighted by Gasteiger charge is 2.05. The van der Waals surface area contributed by atoms with Gasteiger partial charge in [0.2, 0.25) is 0 Å². The highest BCUT2D eigenvalue weighted by molar-refractivity contribution is 8.13. The second kappa shape index (κ2) is 4.28. The number of amides is 1. The number of carbonyl (C=O) groups is 1. The number of hydrogen-bond acceptors (Lipinski definition) is 2. The summed E-state index contributed by atoms with van der Waals surface area (Å²) < 4.78 is 12.5. The maximum Gasteiger partial charge on any atom is 0.285 e. The van der Waals surface area contributed by atoms with Gasteiger partial charge in [0.25, 0.3) is 5.24 Å². The zero-order valence-corrected chi connectivity index (χ0v) is 8.27. The van der Waals surface area contributed by atoms with Crippen molar-refractivity contribution < 1.29 is 9.18 Å². The molecular formula is C9H10FNOS. The Bertz CT molecular complexity index is 297. The Kier molecular flexibility index (Phi) is 3.31. The van der Waals surface area contributed by atoms with E-state index in [1.165, 1.54) is 17.0 Å².